The number of nitrogens with two attached hydrogens (primary N) is 1. The predicted octanol–water partition coefficient (Wildman–Crippen LogP) is 4.68. The highest BCUT2D eigenvalue weighted by Crippen LogP contribution is 2.48. The van der Waals surface area contributed by atoms with Gasteiger partial charge in [0.2, 0.25) is 0 Å². The highest BCUT2D eigenvalue weighted by Gasteiger charge is 2.44. The summed E-state index contributed by atoms with van der Waals surface area (Å²) < 4.78 is 20.6. The normalized spacial score (nSPS) is 16.3. The first kappa shape index (κ1) is 22.2. The van der Waals surface area contributed by atoms with Crippen LogP contribution in [0.5, 0.6) is 5.75 Å². The number of aromatic nitrogens is 2. The van der Waals surface area contributed by atoms with Crippen LogP contribution >= 0.6 is 0 Å². The third-order valence-electron chi connectivity index (χ3n) is 6.36. The third kappa shape index (κ3) is 3.51. The standard InChI is InChI=1S/C28H22FN5O/c1-17-11-22(13-19(9-10-30)26(17)35-2)28(23-7-4-8-24(29)25(23)27(31)34-28)21-6-3-5-18(12-21)20-14-32-16-33-15-20/h3-8,11-16H,9H2,1-2H3,(H2,31,34). The van der Waals surface area contributed by atoms with E-state index >= 15 is 4.39 Å². The molecule has 0 saturated heterocycles. The molecule has 7 heteroatoms. The smallest absolute Gasteiger partial charge is 0.139 e. The summed E-state index contributed by atoms with van der Waals surface area (Å²) in [4.78, 5) is 13.2. The van der Waals surface area contributed by atoms with E-state index in [4.69, 9.17) is 15.5 Å². The van der Waals surface area contributed by atoms with Crippen molar-refractivity contribution in [3.8, 4) is 22.9 Å². The molecule has 1 aliphatic heterocycles. The Balaban J connectivity index is 1.84. The number of methoxy groups -OCH3 is 1. The molecule has 5 rings (SSSR count). The number of hydrogen-bond donors (Lipinski definition) is 1. The van der Waals surface area contributed by atoms with Gasteiger partial charge >= 0.3 is 0 Å². The molecular weight excluding hydrogens is 441 g/mol. The van der Waals surface area contributed by atoms with Gasteiger partial charge in [0.05, 0.1) is 25.2 Å². The minimum atomic E-state index is -1.12. The lowest BCUT2D eigenvalue weighted by molar-refractivity contribution is 0.407. The van der Waals surface area contributed by atoms with E-state index in [1.54, 1.807) is 25.6 Å². The van der Waals surface area contributed by atoms with Crippen molar-refractivity contribution in [2.75, 3.05) is 7.11 Å². The van der Waals surface area contributed by atoms with Crippen LogP contribution in [0.4, 0.5) is 4.39 Å². The van der Waals surface area contributed by atoms with Crippen LogP contribution in [-0.4, -0.2) is 22.9 Å². The molecule has 1 unspecified atom stereocenters. The van der Waals surface area contributed by atoms with Gasteiger partial charge in [0.15, 0.2) is 0 Å². The van der Waals surface area contributed by atoms with Crippen LogP contribution in [0.1, 0.15) is 33.4 Å². The Morgan fingerprint density at radius 3 is 2.54 bits per heavy atom. The van der Waals surface area contributed by atoms with E-state index in [9.17, 15) is 5.26 Å². The monoisotopic (exact) mass is 463 g/mol. The molecule has 0 aliphatic carbocycles. The summed E-state index contributed by atoms with van der Waals surface area (Å²) in [6.45, 7) is 1.92. The van der Waals surface area contributed by atoms with Gasteiger partial charge in [-0.15, -0.1) is 0 Å². The molecule has 1 aromatic heterocycles. The maximum Gasteiger partial charge on any atom is 0.139 e. The summed E-state index contributed by atoms with van der Waals surface area (Å²) in [6.07, 6.45) is 5.11. The molecule has 0 saturated carbocycles. The summed E-state index contributed by atoms with van der Waals surface area (Å²) in [5, 5.41) is 9.45. The van der Waals surface area contributed by atoms with Crippen molar-refractivity contribution in [3.63, 3.8) is 0 Å². The Morgan fingerprint density at radius 2 is 1.80 bits per heavy atom. The molecule has 2 N–H and O–H groups in total. The summed E-state index contributed by atoms with van der Waals surface area (Å²) in [5.74, 6) is 0.345. The zero-order chi connectivity index (χ0) is 24.6. The Bertz CT molecular complexity index is 1510. The Morgan fingerprint density at radius 1 is 1.03 bits per heavy atom. The van der Waals surface area contributed by atoms with E-state index in [1.807, 2.05) is 49.4 Å². The number of aryl methyl sites for hydroxylation is 1. The minimum absolute atomic E-state index is 0.127. The van der Waals surface area contributed by atoms with E-state index in [2.05, 4.69) is 16.0 Å². The highest BCUT2D eigenvalue weighted by molar-refractivity contribution is 6.03. The number of hydrogen-bond acceptors (Lipinski definition) is 6. The Labute approximate surface area is 202 Å². The fourth-order valence-corrected chi connectivity index (χ4v) is 4.93. The molecule has 0 bridgehead atoms. The zero-order valence-electron chi connectivity index (χ0n) is 19.3. The van der Waals surface area contributed by atoms with Crippen molar-refractivity contribution in [2.24, 2.45) is 10.7 Å². The molecule has 6 nitrogen and oxygen atoms in total. The van der Waals surface area contributed by atoms with Gasteiger partial charge in [-0.2, -0.15) is 5.26 Å². The largest absolute Gasteiger partial charge is 0.496 e. The molecule has 35 heavy (non-hydrogen) atoms. The van der Waals surface area contributed by atoms with Gasteiger partial charge in [0, 0.05) is 29.1 Å². The Hall–Kier alpha value is -4.57. The van der Waals surface area contributed by atoms with Gasteiger partial charge in [0.1, 0.15) is 29.3 Å². The van der Waals surface area contributed by atoms with E-state index in [1.165, 1.54) is 12.4 Å². The van der Waals surface area contributed by atoms with Crippen LogP contribution in [-0.2, 0) is 12.0 Å². The molecule has 0 radical (unpaired) electrons. The molecule has 0 amide bonds. The van der Waals surface area contributed by atoms with Crippen LogP contribution in [0.15, 0.2) is 78.3 Å². The first-order valence-electron chi connectivity index (χ1n) is 11.0. The molecule has 4 aromatic rings. The van der Waals surface area contributed by atoms with Crippen molar-refractivity contribution < 1.29 is 9.13 Å². The van der Waals surface area contributed by atoms with Crippen LogP contribution in [0.3, 0.4) is 0 Å². The van der Waals surface area contributed by atoms with Crippen molar-refractivity contribution in [2.45, 2.75) is 18.9 Å². The lowest BCUT2D eigenvalue weighted by Gasteiger charge is -2.31. The number of amidine groups is 1. The van der Waals surface area contributed by atoms with Gasteiger partial charge in [0.25, 0.3) is 0 Å². The maximum atomic E-state index is 15.0. The minimum Gasteiger partial charge on any atom is -0.496 e. The van der Waals surface area contributed by atoms with Crippen LogP contribution < -0.4 is 10.5 Å². The second-order valence-corrected chi connectivity index (χ2v) is 8.40. The number of aliphatic imine (C=N–C) groups is 1. The van der Waals surface area contributed by atoms with E-state index in [0.717, 1.165) is 33.4 Å². The van der Waals surface area contributed by atoms with Gasteiger partial charge in [-0.3, -0.25) is 0 Å². The zero-order valence-corrected chi connectivity index (χ0v) is 19.3. The Kier molecular flexibility index (Phi) is 5.50. The van der Waals surface area contributed by atoms with Crippen molar-refractivity contribution in [3.05, 3.63) is 113 Å². The van der Waals surface area contributed by atoms with Gasteiger partial charge in [-0.05, 0) is 53.4 Å². The highest BCUT2D eigenvalue weighted by atomic mass is 19.1. The molecular formula is C28H22FN5O. The molecule has 0 spiro atoms. The molecule has 172 valence electrons. The van der Waals surface area contributed by atoms with Gasteiger partial charge < -0.3 is 10.5 Å². The van der Waals surface area contributed by atoms with Crippen molar-refractivity contribution >= 4 is 5.84 Å². The second-order valence-electron chi connectivity index (χ2n) is 8.40. The number of halogens is 1. The lowest BCUT2D eigenvalue weighted by atomic mass is 9.76. The number of fused-ring (bicyclic) bond motifs is 1. The number of ether oxygens (including phenoxy) is 1. The summed E-state index contributed by atoms with van der Waals surface area (Å²) in [5.41, 5.74) is 11.1. The predicted molar refractivity (Wildman–Crippen MR) is 132 cm³/mol. The quantitative estimate of drug-likeness (QED) is 0.464. The van der Waals surface area contributed by atoms with Gasteiger partial charge in [-0.25, -0.2) is 19.4 Å². The fraction of sp³-hybridized carbons (Fsp3) is 0.143. The molecule has 2 heterocycles. The van der Waals surface area contributed by atoms with Gasteiger partial charge in [-0.1, -0.05) is 30.3 Å². The third-order valence-corrected chi connectivity index (χ3v) is 6.36. The topological polar surface area (TPSA) is 97.2 Å². The van der Waals surface area contributed by atoms with E-state index < -0.39 is 11.4 Å². The average molecular weight is 464 g/mol. The lowest BCUT2D eigenvalue weighted by Crippen LogP contribution is -2.26. The second kappa shape index (κ2) is 8.65. The first-order chi connectivity index (χ1) is 17.0. The van der Waals surface area contributed by atoms with Crippen LogP contribution in [0.2, 0.25) is 0 Å². The van der Waals surface area contributed by atoms with E-state index in [-0.39, 0.29) is 17.8 Å². The number of rotatable bonds is 5. The molecule has 1 aliphatic rings. The number of nitrogens with zero attached hydrogens (tertiary/aromatic N) is 4. The molecule has 1 atom stereocenters. The van der Waals surface area contributed by atoms with Crippen LogP contribution in [0.25, 0.3) is 11.1 Å². The molecule has 0 fully saturated rings. The summed E-state index contributed by atoms with van der Waals surface area (Å²) in [6, 6.07) is 18.8. The van der Waals surface area contributed by atoms with Crippen molar-refractivity contribution in [1.82, 2.24) is 9.97 Å². The summed E-state index contributed by atoms with van der Waals surface area (Å²) in [7, 11) is 1.58. The average Bonchev–Trinajstić information content (AvgIpc) is 3.19. The SMILES string of the molecule is COc1c(C)cc(C2(c3cccc(-c4cncnc4)c3)N=C(N)c3c(F)cccc32)cc1CC#N. The molecule has 3 aromatic carbocycles. The van der Waals surface area contributed by atoms with E-state index in [0.29, 0.717) is 11.3 Å². The summed E-state index contributed by atoms with van der Waals surface area (Å²) >= 11 is 0. The van der Waals surface area contributed by atoms with Crippen LogP contribution in [0, 0.1) is 24.1 Å². The maximum absolute atomic E-state index is 15.0. The number of nitriles is 1. The first-order valence-corrected chi connectivity index (χ1v) is 11.0. The fourth-order valence-electron chi connectivity index (χ4n) is 4.93. The van der Waals surface area contributed by atoms with Crippen molar-refractivity contribution in [1.29, 1.82) is 5.26 Å². The number of benzene rings is 3.